The van der Waals surface area contributed by atoms with Crippen LogP contribution in [0.15, 0.2) is 54.6 Å². The molecule has 0 radical (unpaired) electrons. The van der Waals surface area contributed by atoms with Crippen molar-refractivity contribution in [1.29, 1.82) is 0 Å². The number of ketones is 1. The average molecular weight is 428 g/mol. The van der Waals surface area contributed by atoms with E-state index in [1.807, 2.05) is 18.2 Å². The van der Waals surface area contributed by atoms with Crippen LogP contribution < -0.4 is 0 Å². The van der Waals surface area contributed by atoms with Crippen molar-refractivity contribution in [1.82, 2.24) is 4.90 Å². The molecule has 3 aromatic carbocycles. The third kappa shape index (κ3) is 3.48. The third-order valence-corrected chi connectivity index (χ3v) is 6.75. The number of hydrogen-bond donors (Lipinski definition) is 0. The molecule has 1 fully saturated rings. The van der Waals surface area contributed by atoms with Gasteiger partial charge in [0.2, 0.25) is 0 Å². The Balaban J connectivity index is 1.39. The minimum Gasteiger partial charge on any atom is -0.465 e. The van der Waals surface area contributed by atoms with E-state index in [0.717, 1.165) is 36.6 Å². The summed E-state index contributed by atoms with van der Waals surface area (Å²) in [6.45, 7) is 0.998. The Hall–Kier alpha value is -3.47. The predicted octanol–water partition coefficient (Wildman–Crippen LogP) is 4.46. The van der Waals surface area contributed by atoms with E-state index in [1.165, 1.54) is 23.6 Å². The number of carbonyl (C=O) groups is 3. The Kier molecular flexibility index (Phi) is 5.25. The highest BCUT2D eigenvalue weighted by molar-refractivity contribution is 6.11. The summed E-state index contributed by atoms with van der Waals surface area (Å²) in [5, 5.41) is 2.28. The maximum absolute atomic E-state index is 13.5. The lowest BCUT2D eigenvalue weighted by Crippen LogP contribution is -2.42. The molecule has 5 rings (SSSR count). The highest BCUT2D eigenvalue weighted by Gasteiger charge is 2.31. The van der Waals surface area contributed by atoms with Crippen molar-refractivity contribution in [3.05, 3.63) is 82.4 Å². The van der Waals surface area contributed by atoms with Crippen LogP contribution in [0.25, 0.3) is 10.8 Å². The van der Waals surface area contributed by atoms with Gasteiger partial charge in [0.1, 0.15) is 0 Å². The first kappa shape index (κ1) is 20.4. The van der Waals surface area contributed by atoms with Gasteiger partial charge in [0.25, 0.3) is 5.91 Å². The van der Waals surface area contributed by atoms with E-state index in [9.17, 15) is 14.4 Å². The summed E-state index contributed by atoms with van der Waals surface area (Å²) in [6.07, 6.45) is 3.61. The number of piperidine rings is 1. The zero-order chi connectivity index (χ0) is 22.2. The highest BCUT2D eigenvalue weighted by atomic mass is 16.5. The van der Waals surface area contributed by atoms with Crippen LogP contribution in [0.2, 0.25) is 0 Å². The number of Topliss-reactive ketones (excluding diaryl/α,β-unsaturated/α-hetero) is 1. The molecule has 3 aromatic rings. The first-order chi connectivity index (χ1) is 15.6. The zero-order valence-electron chi connectivity index (χ0n) is 18.1. The molecule has 162 valence electrons. The van der Waals surface area contributed by atoms with Gasteiger partial charge in [0, 0.05) is 30.1 Å². The van der Waals surface area contributed by atoms with Crippen molar-refractivity contribution < 1.29 is 19.1 Å². The Morgan fingerprint density at radius 3 is 2.50 bits per heavy atom. The molecule has 1 saturated heterocycles. The van der Waals surface area contributed by atoms with E-state index in [0.29, 0.717) is 24.2 Å². The summed E-state index contributed by atoms with van der Waals surface area (Å²) < 4.78 is 4.76. The maximum atomic E-state index is 13.5. The standard InChI is InChI=1S/C27H25NO4/c1-32-27(31)20-7-2-6-19(15-20)26(30)28-14-4-8-21(16-28)25(29)23-13-12-18-11-10-17-5-3-9-22(23)24(17)18/h2-3,5-7,9,12-13,15,21H,4,8,10-11,14,16H2,1H3/t21-/m0/s1. The molecule has 1 aliphatic carbocycles. The van der Waals surface area contributed by atoms with Gasteiger partial charge in [-0.3, -0.25) is 9.59 Å². The number of carbonyl (C=O) groups excluding carboxylic acids is 3. The number of rotatable bonds is 4. The van der Waals surface area contributed by atoms with Gasteiger partial charge in [-0.25, -0.2) is 4.79 Å². The van der Waals surface area contributed by atoms with Crippen LogP contribution in [0.1, 0.15) is 55.0 Å². The van der Waals surface area contributed by atoms with Crippen molar-refractivity contribution >= 4 is 28.4 Å². The van der Waals surface area contributed by atoms with Gasteiger partial charge in [0.05, 0.1) is 12.7 Å². The number of nitrogens with zero attached hydrogens (tertiary/aromatic N) is 1. The van der Waals surface area contributed by atoms with Crippen LogP contribution in [0, 0.1) is 5.92 Å². The summed E-state index contributed by atoms with van der Waals surface area (Å²) in [4.78, 5) is 40.3. The molecule has 2 aliphatic rings. The molecule has 0 unspecified atom stereocenters. The first-order valence-electron chi connectivity index (χ1n) is 11.1. The van der Waals surface area contributed by atoms with Gasteiger partial charge in [-0.2, -0.15) is 0 Å². The summed E-state index contributed by atoms with van der Waals surface area (Å²) in [7, 11) is 1.32. The molecule has 1 amide bonds. The number of amides is 1. The lowest BCUT2D eigenvalue weighted by molar-refractivity contribution is 0.0600. The molecule has 1 aliphatic heterocycles. The Morgan fingerprint density at radius 1 is 0.938 bits per heavy atom. The predicted molar refractivity (Wildman–Crippen MR) is 122 cm³/mol. The topological polar surface area (TPSA) is 63.7 Å². The number of hydrogen-bond acceptors (Lipinski definition) is 4. The molecule has 0 bridgehead atoms. The second-order valence-electron chi connectivity index (χ2n) is 8.64. The lowest BCUT2D eigenvalue weighted by Gasteiger charge is -2.32. The smallest absolute Gasteiger partial charge is 0.337 e. The number of methoxy groups -OCH3 is 1. The van der Waals surface area contributed by atoms with Crippen LogP contribution in [-0.4, -0.2) is 42.8 Å². The van der Waals surface area contributed by atoms with Gasteiger partial charge in [-0.15, -0.1) is 0 Å². The summed E-state index contributed by atoms with van der Waals surface area (Å²) in [5.41, 5.74) is 4.18. The summed E-state index contributed by atoms with van der Waals surface area (Å²) >= 11 is 0. The van der Waals surface area contributed by atoms with Gasteiger partial charge >= 0.3 is 5.97 Å². The number of likely N-dealkylation sites (tertiary alicyclic amines) is 1. The lowest BCUT2D eigenvalue weighted by atomic mass is 9.87. The SMILES string of the molecule is COC(=O)c1cccc(C(=O)N2CCC[C@H](C(=O)c3ccc4c5c(cccc35)CC4)C2)c1. The highest BCUT2D eigenvalue weighted by Crippen LogP contribution is 2.34. The van der Waals surface area contributed by atoms with E-state index in [1.54, 1.807) is 29.2 Å². The second kappa shape index (κ2) is 8.23. The van der Waals surface area contributed by atoms with E-state index in [-0.39, 0.29) is 17.6 Å². The van der Waals surface area contributed by atoms with Crippen LogP contribution in [0.4, 0.5) is 0 Å². The molecule has 1 atom stereocenters. The second-order valence-corrected chi connectivity index (χ2v) is 8.64. The van der Waals surface area contributed by atoms with Crippen molar-refractivity contribution in [2.24, 2.45) is 5.92 Å². The Labute approximate surface area is 187 Å². The molecule has 0 spiro atoms. The monoisotopic (exact) mass is 427 g/mol. The molecular weight excluding hydrogens is 402 g/mol. The fraction of sp³-hybridized carbons (Fsp3) is 0.296. The maximum Gasteiger partial charge on any atom is 0.337 e. The van der Waals surface area contributed by atoms with Crippen molar-refractivity contribution in [2.75, 3.05) is 20.2 Å². The van der Waals surface area contributed by atoms with E-state index < -0.39 is 5.97 Å². The molecule has 32 heavy (non-hydrogen) atoms. The normalized spacial score (nSPS) is 17.4. The number of esters is 1. The van der Waals surface area contributed by atoms with Crippen LogP contribution in [-0.2, 0) is 17.6 Å². The summed E-state index contributed by atoms with van der Waals surface area (Å²) in [5.74, 6) is -0.747. The van der Waals surface area contributed by atoms with Crippen LogP contribution in [0.3, 0.4) is 0 Å². The third-order valence-electron chi connectivity index (χ3n) is 6.75. The van der Waals surface area contributed by atoms with Gasteiger partial charge in [-0.1, -0.05) is 36.4 Å². The largest absolute Gasteiger partial charge is 0.465 e. The van der Waals surface area contributed by atoms with E-state index in [2.05, 4.69) is 12.1 Å². The van der Waals surface area contributed by atoms with Crippen molar-refractivity contribution in [3.63, 3.8) is 0 Å². The van der Waals surface area contributed by atoms with Gasteiger partial charge < -0.3 is 9.64 Å². The fourth-order valence-electron chi connectivity index (χ4n) is 5.14. The molecular formula is C27H25NO4. The number of aryl methyl sites for hydroxylation is 2. The average Bonchev–Trinajstić information content (AvgIpc) is 3.28. The molecule has 0 aromatic heterocycles. The Morgan fingerprint density at radius 2 is 1.69 bits per heavy atom. The number of benzene rings is 3. The molecule has 1 heterocycles. The zero-order valence-corrected chi connectivity index (χ0v) is 18.1. The molecule has 0 saturated carbocycles. The number of ether oxygens (including phenoxy) is 1. The quantitative estimate of drug-likeness (QED) is 0.456. The fourth-order valence-corrected chi connectivity index (χ4v) is 5.14. The minimum atomic E-state index is -0.474. The van der Waals surface area contributed by atoms with Crippen LogP contribution >= 0.6 is 0 Å². The van der Waals surface area contributed by atoms with E-state index in [4.69, 9.17) is 4.74 Å². The summed E-state index contributed by atoms with van der Waals surface area (Å²) in [6, 6.07) is 16.9. The molecule has 5 heteroatoms. The minimum absolute atomic E-state index is 0.112. The van der Waals surface area contributed by atoms with Gasteiger partial charge in [-0.05, 0) is 65.8 Å². The van der Waals surface area contributed by atoms with Crippen LogP contribution in [0.5, 0.6) is 0 Å². The van der Waals surface area contributed by atoms with E-state index >= 15 is 0 Å². The molecule has 0 N–H and O–H groups in total. The van der Waals surface area contributed by atoms with Crippen molar-refractivity contribution in [2.45, 2.75) is 25.7 Å². The first-order valence-corrected chi connectivity index (χ1v) is 11.1. The van der Waals surface area contributed by atoms with Gasteiger partial charge in [0.15, 0.2) is 5.78 Å². The molecule has 5 nitrogen and oxygen atoms in total. The Bertz CT molecular complexity index is 1240. The van der Waals surface area contributed by atoms with Crippen molar-refractivity contribution in [3.8, 4) is 0 Å².